The average molecular weight is 291 g/mol. The van der Waals surface area contributed by atoms with E-state index in [1.807, 2.05) is 0 Å². The van der Waals surface area contributed by atoms with E-state index in [0.717, 1.165) is 0 Å². The highest BCUT2D eigenvalue weighted by Crippen LogP contribution is 2.55. The molecular weight excluding hydrogens is 271 g/mol. The maximum absolute atomic E-state index is 13.7. The van der Waals surface area contributed by atoms with Crippen molar-refractivity contribution in [2.24, 2.45) is 0 Å². The Morgan fingerprint density at radius 1 is 1.11 bits per heavy atom. The Kier molecular flexibility index (Phi) is 7.30. The molecule has 1 N–H and O–H groups in total. The van der Waals surface area contributed by atoms with Crippen molar-refractivity contribution < 1.29 is 27.0 Å². The van der Waals surface area contributed by atoms with E-state index in [-0.39, 0.29) is 25.7 Å². The normalized spacial score (nSPS) is 14.1. The van der Waals surface area contributed by atoms with Crippen molar-refractivity contribution in [3.05, 3.63) is 0 Å². The molecule has 18 heavy (non-hydrogen) atoms. The molecule has 0 aliphatic carbocycles. The minimum Gasteiger partial charge on any atom is -0.203 e. The largest absolute Gasteiger partial charge is 0.518 e. The van der Waals surface area contributed by atoms with Crippen LogP contribution in [0.2, 0.25) is 0 Å². The molecule has 0 saturated heterocycles. The molecule has 0 spiro atoms. The van der Waals surface area contributed by atoms with Gasteiger partial charge in [-0.1, -0.05) is 26.7 Å². The van der Waals surface area contributed by atoms with E-state index >= 15 is 0 Å². The van der Waals surface area contributed by atoms with Gasteiger partial charge in [0.2, 0.25) is 0 Å². The molecule has 0 heterocycles. The van der Waals surface area contributed by atoms with Gasteiger partial charge in [0.1, 0.15) is 0 Å². The second kappa shape index (κ2) is 7.39. The minimum atomic E-state index is -4.43. The predicted octanol–water partition coefficient (Wildman–Crippen LogP) is 4.74. The minimum absolute atomic E-state index is 0.230. The lowest BCUT2D eigenvalue weighted by Crippen LogP contribution is -2.50. The highest BCUT2D eigenvalue weighted by atomic mass is 31.1. The SMILES string of the molecule is CCCCC(CCCC)([P+](=O)O)C(F)(F)C(F)F. The molecule has 0 fully saturated rings. The summed E-state index contributed by atoms with van der Waals surface area (Å²) in [7, 11) is -3.37. The highest BCUT2D eigenvalue weighted by Gasteiger charge is 2.71. The van der Waals surface area contributed by atoms with E-state index in [1.54, 1.807) is 13.8 Å². The second-order valence-corrected chi connectivity index (χ2v) is 5.84. The molecule has 0 aliphatic heterocycles. The van der Waals surface area contributed by atoms with Crippen LogP contribution in [0.1, 0.15) is 52.4 Å². The van der Waals surface area contributed by atoms with Gasteiger partial charge < -0.3 is 0 Å². The summed E-state index contributed by atoms with van der Waals surface area (Å²) in [5, 5.41) is -2.50. The van der Waals surface area contributed by atoms with Crippen molar-refractivity contribution in [2.45, 2.75) is 69.9 Å². The molecule has 0 amide bonds. The maximum atomic E-state index is 13.7. The Balaban J connectivity index is 5.37. The first kappa shape index (κ1) is 17.8. The van der Waals surface area contributed by atoms with E-state index in [0.29, 0.717) is 12.8 Å². The Hall–Kier alpha value is -0.220. The average Bonchev–Trinajstić information content (AvgIpc) is 2.28. The Labute approximate surface area is 106 Å². The summed E-state index contributed by atoms with van der Waals surface area (Å²) in [5.41, 5.74) is 0. The fourth-order valence-electron chi connectivity index (χ4n) is 1.92. The van der Waals surface area contributed by atoms with Crippen molar-refractivity contribution in [3.8, 4) is 0 Å². The molecule has 0 bridgehead atoms. The van der Waals surface area contributed by atoms with Crippen molar-refractivity contribution in [3.63, 3.8) is 0 Å². The van der Waals surface area contributed by atoms with E-state index < -0.39 is 25.5 Å². The van der Waals surface area contributed by atoms with Gasteiger partial charge in [-0.05, 0) is 17.4 Å². The van der Waals surface area contributed by atoms with E-state index in [9.17, 15) is 27.0 Å². The summed E-state index contributed by atoms with van der Waals surface area (Å²) in [6, 6.07) is 0. The van der Waals surface area contributed by atoms with Crippen LogP contribution < -0.4 is 0 Å². The van der Waals surface area contributed by atoms with Crippen LogP contribution in [-0.4, -0.2) is 22.4 Å². The third kappa shape index (κ3) is 3.64. The summed E-state index contributed by atoms with van der Waals surface area (Å²) in [5.74, 6) is -4.43. The van der Waals surface area contributed by atoms with E-state index in [4.69, 9.17) is 0 Å². The van der Waals surface area contributed by atoms with Gasteiger partial charge in [-0.15, -0.1) is 0 Å². The van der Waals surface area contributed by atoms with Crippen LogP contribution >= 0.6 is 8.03 Å². The van der Waals surface area contributed by atoms with Crippen LogP contribution in [0, 0.1) is 0 Å². The van der Waals surface area contributed by atoms with Gasteiger partial charge in [-0.2, -0.15) is 13.7 Å². The third-order valence-electron chi connectivity index (χ3n) is 3.15. The summed E-state index contributed by atoms with van der Waals surface area (Å²) in [6.45, 7) is 3.44. The molecule has 0 aromatic carbocycles. The van der Waals surface area contributed by atoms with Gasteiger partial charge >= 0.3 is 20.4 Å². The summed E-state index contributed by atoms with van der Waals surface area (Å²) < 4.78 is 63.7. The van der Waals surface area contributed by atoms with Crippen LogP contribution in [-0.2, 0) is 4.57 Å². The zero-order valence-corrected chi connectivity index (χ0v) is 11.5. The fourth-order valence-corrected chi connectivity index (χ4v) is 2.97. The lowest BCUT2D eigenvalue weighted by atomic mass is 9.88. The van der Waals surface area contributed by atoms with Crippen molar-refractivity contribution >= 4 is 8.03 Å². The lowest BCUT2D eigenvalue weighted by Gasteiger charge is -2.29. The number of alkyl halides is 4. The first-order valence-electron chi connectivity index (χ1n) is 6.08. The Bertz CT molecular complexity index is 264. The molecule has 1 atom stereocenters. The maximum Gasteiger partial charge on any atom is 0.518 e. The van der Waals surface area contributed by atoms with Crippen LogP contribution in [0.15, 0.2) is 0 Å². The molecule has 0 aromatic rings. The number of rotatable bonds is 9. The van der Waals surface area contributed by atoms with Crippen molar-refractivity contribution in [1.29, 1.82) is 0 Å². The smallest absolute Gasteiger partial charge is 0.203 e. The molecule has 1 unspecified atom stereocenters. The molecule has 0 radical (unpaired) electrons. The number of hydrogen-bond acceptors (Lipinski definition) is 1. The lowest BCUT2D eigenvalue weighted by molar-refractivity contribution is -0.159. The molecular formula is C11H20F4O2P+. The second-order valence-electron chi connectivity index (χ2n) is 4.44. The zero-order valence-electron chi connectivity index (χ0n) is 10.6. The summed E-state index contributed by atoms with van der Waals surface area (Å²) >= 11 is 0. The predicted molar refractivity (Wildman–Crippen MR) is 62.6 cm³/mol. The number of halogens is 4. The van der Waals surface area contributed by atoms with Gasteiger partial charge in [0.05, 0.1) is 0 Å². The van der Waals surface area contributed by atoms with Gasteiger partial charge in [0.15, 0.2) is 0 Å². The quantitative estimate of drug-likeness (QED) is 0.492. The molecule has 0 aromatic heterocycles. The summed E-state index contributed by atoms with van der Waals surface area (Å²) in [6.07, 6.45) is -3.15. The summed E-state index contributed by atoms with van der Waals surface area (Å²) in [4.78, 5) is 9.20. The molecule has 0 aliphatic rings. The van der Waals surface area contributed by atoms with E-state index in [2.05, 4.69) is 0 Å². The highest BCUT2D eigenvalue weighted by molar-refractivity contribution is 7.40. The number of unbranched alkanes of at least 4 members (excludes halogenated alkanes) is 2. The van der Waals surface area contributed by atoms with Crippen LogP contribution in [0.25, 0.3) is 0 Å². The molecule has 0 saturated carbocycles. The van der Waals surface area contributed by atoms with Crippen LogP contribution in [0.3, 0.4) is 0 Å². The van der Waals surface area contributed by atoms with Crippen LogP contribution in [0.4, 0.5) is 17.6 Å². The van der Waals surface area contributed by atoms with Crippen molar-refractivity contribution in [1.82, 2.24) is 0 Å². The topological polar surface area (TPSA) is 37.3 Å². The van der Waals surface area contributed by atoms with Crippen LogP contribution in [0.5, 0.6) is 0 Å². The Morgan fingerprint density at radius 3 is 1.72 bits per heavy atom. The zero-order chi connectivity index (χ0) is 14.4. The number of hydrogen-bond donors (Lipinski definition) is 1. The van der Waals surface area contributed by atoms with Gasteiger partial charge in [-0.25, -0.2) is 8.78 Å². The van der Waals surface area contributed by atoms with Gasteiger partial charge in [0, 0.05) is 12.8 Å². The first-order valence-corrected chi connectivity index (χ1v) is 7.29. The third-order valence-corrected chi connectivity index (χ3v) is 4.63. The first-order chi connectivity index (χ1) is 8.26. The van der Waals surface area contributed by atoms with Gasteiger partial charge in [-0.3, -0.25) is 0 Å². The molecule has 7 heteroatoms. The standard InChI is InChI=1S/C11H19F4O2P/c1-3-5-7-10(18(16)17,8-6-4-2)11(14,15)9(12)13/h9H,3-8H2,1-2H3/p+1. The van der Waals surface area contributed by atoms with Gasteiger partial charge in [0.25, 0.3) is 5.16 Å². The molecule has 108 valence electrons. The molecule has 0 rings (SSSR count). The fraction of sp³-hybridized carbons (Fsp3) is 1.00. The van der Waals surface area contributed by atoms with E-state index in [1.165, 1.54) is 0 Å². The molecule has 2 nitrogen and oxygen atoms in total. The van der Waals surface area contributed by atoms with Crippen molar-refractivity contribution in [2.75, 3.05) is 0 Å². The monoisotopic (exact) mass is 291 g/mol. The Morgan fingerprint density at radius 2 is 1.50 bits per heavy atom.